The molecule has 0 saturated carbocycles. The van der Waals surface area contributed by atoms with Crippen molar-refractivity contribution in [3.8, 4) is 5.75 Å². The van der Waals surface area contributed by atoms with Gasteiger partial charge in [-0.05, 0) is 17.7 Å². The molecule has 2 N–H and O–H groups in total. The lowest BCUT2D eigenvalue weighted by atomic mass is 10.1. The first-order chi connectivity index (χ1) is 7.17. The molecule has 1 atom stereocenters. The van der Waals surface area contributed by atoms with E-state index in [1.807, 2.05) is 12.1 Å². The number of carbonyl (C=O) groups excluding carboxylic acids is 1. The first-order valence-corrected chi connectivity index (χ1v) is 4.69. The fourth-order valence-electron chi connectivity index (χ4n) is 1.32. The van der Waals surface area contributed by atoms with Crippen LogP contribution in [0.4, 0.5) is 0 Å². The van der Waals surface area contributed by atoms with Crippen molar-refractivity contribution in [2.75, 3.05) is 13.7 Å². The molecule has 82 valence electrons. The number of methoxy groups -OCH3 is 1. The normalized spacial score (nSPS) is 11.9. The Labute approximate surface area is 88.9 Å². The van der Waals surface area contributed by atoms with E-state index in [1.54, 1.807) is 19.2 Å². The molecule has 0 unspecified atom stereocenters. The van der Waals surface area contributed by atoms with Gasteiger partial charge in [0.25, 0.3) is 0 Å². The van der Waals surface area contributed by atoms with Gasteiger partial charge >= 0.3 is 0 Å². The molecule has 0 aliphatic rings. The number of benzene rings is 1. The Bertz CT molecular complexity index is 321. The smallest absolute Gasteiger partial charge is 0.217 e. The third-order valence-corrected chi connectivity index (χ3v) is 2.08. The van der Waals surface area contributed by atoms with E-state index in [9.17, 15) is 4.79 Å². The molecular formula is C11H15NO3. The van der Waals surface area contributed by atoms with Gasteiger partial charge in [-0.25, -0.2) is 0 Å². The predicted molar refractivity (Wildman–Crippen MR) is 56.6 cm³/mol. The van der Waals surface area contributed by atoms with Crippen LogP contribution in [0.1, 0.15) is 18.5 Å². The second-order valence-corrected chi connectivity index (χ2v) is 3.21. The van der Waals surface area contributed by atoms with E-state index in [2.05, 4.69) is 5.32 Å². The number of aliphatic hydroxyl groups excluding tert-OH is 1. The molecule has 15 heavy (non-hydrogen) atoms. The van der Waals surface area contributed by atoms with Crippen LogP contribution in [0.2, 0.25) is 0 Å². The van der Waals surface area contributed by atoms with Crippen LogP contribution in [-0.4, -0.2) is 24.7 Å². The van der Waals surface area contributed by atoms with E-state index in [-0.39, 0.29) is 18.6 Å². The molecule has 1 aromatic rings. The highest BCUT2D eigenvalue weighted by atomic mass is 16.5. The molecule has 4 heteroatoms. The second-order valence-electron chi connectivity index (χ2n) is 3.21. The lowest BCUT2D eigenvalue weighted by Crippen LogP contribution is -2.28. The molecule has 0 fully saturated rings. The van der Waals surface area contributed by atoms with Crippen molar-refractivity contribution >= 4 is 5.91 Å². The summed E-state index contributed by atoms with van der Waals surface area (Å²) in [5.74, 6) is 0.586. The Morgan fingerprint density at radius 3 is 2.47 bits per heavy atom. The summed E-state index contributed by atoms with van der Waals surface area (Å²) in [6.45, 7) is 1.30. The maximum absolute atomic E-state index is 10.9. The highest BCUT2D eigenvalue weighted by molar-refractivity contribution is 5.73. The van der Waals surface area contributed by atoms with Gasteiger partial charge in [-0.3, -0.25) is 4.79 Å². The molecule has 0 bridgehead atoms. The maximum Gasteiger partial charge on any atom is 0.217 e. The number of rotatable bonds is 4. The van der Waals surface area contributed by atoms with Crippen LogP contribution < -0.4 is 10.1 Å². The first kappa shape index (κ1) is 11.5. The summed E-state index contributed by atoms with van der Waals surface area (Å²) < 4.78 is 5.01. The standard InChI is InChI=1S/C11H15NO3/c1-8(14)12-11(7-13)9-3-5-10(15-2)6-4-9/h3-6,11,13H,7H2,1-2H3,(H,12,14)/t11-/m0/s1. The van der Waals surface area contributed by atoms with Crippen LogP contribution in [-0.2, 0) is 4.79 Å². The highest BCUT2D eigenvalue weighted by Gasteiger charge is 2.10. The van der Waals surface area contributed by atoms with E-state index >= 15 is 0 Å². The summed E-state index contributed by atoms with van der Waals surface area (Å²) in [6.07, 6.45) is 0. The zero-order valence-electron chi connectivity index (χ0n) is 8.86. The summed E-state index contributed by atoms with van der Waals surface area (Å²) >= 11 is 0. The lowest BCUT2D eigenvalue weighted by Gasteiger charge is -2.15. The Hall–Kier alpha value is -1.55. The zero-order chi connectivity index (χ0) is 11.3. The summed E-state index contributed by atoms with van der Waals surface area (Å²) in [5, 5.41) is 11.8. The lowest BCUT2D eigenvalue weighted by molar-refractivity contribution is -0.120. The average molecular weight is 209 g/mol. The van der Waals surface area contributed by atoms with Crippen LogP contribution in [0.3, 0.4) is 0 Å². The summed E-state index contributed by atoms with van der Waals surface area (Å²) in [4.78, 5) is 10.9. The summed E-state index contributed by atoms with van der Waals surface area (Å²) in [6, 6.07) is 6.86. The Morgan fingerprint density at radius 1 is 1.47 bits per heavy atom. The third-order valence-electron chi connectivity index (χ3n) is 2.08. The van der Waals surface area contributed by atoms with Crippen molar-refractivity contribution in [2.24, 2.45) is 0 Å². The Morgan fingerprint density at radius 2 is 2.07 bits per heavy atom. The number of ether oxygens (including phenoxy) is 1. The van der Waals surface area contributed by atoms with Gasteiger partial charge in [-0.15, -0.1) is 0 Å². The van der Waals surface area contributed by atoms with Gasteiger partial charge in [0.2, 0.25) is 5.91 Å². The number of nitrogens with one attached hydrogen (secondary N) is 1. The van der Waals surface area contributed by atoms with Gasteiger partial charge in [0.05, 0.1) is 19.8 Å². The largest absolute Gasteiger partial charge is 0.497 e. The van der Waals surface area contributed by atoms with Crippen LogP contribution >= 0.6 is 0 Å². The molecule has 0 aromatic heterocycles. The van der Waals surface area contributed by atoms with Gasteiger partial charge in [-0.1, -0.05) is 12.1 Å². The van der Waals surface area contributed by atoms with Crippen LogP contribution in [0.25, 0.3) is 0 Å². The topological polar surface area (TPSA) is 58.6 Å². The second kappa shape index (κ2) is 5.36. The number of carbonyl (C=O) groups is 1. The zero-order valence-corrected chi connectivity index (χ0v) is 8.86. The molecule has 0 radical (unpaired) electrons. The SMILES string of the molecule is COc1ccc([C@H](CO)NC(C)=O)cc1. The molecule has 1 amide bonds. The molecule has 0 spiro atoms. The minimum Gasteiger partial charge on any atom is -0.497 e. The first-order valence-electron chi connectivity index (χ1n) is 4.69. The van der Waals surface area contributed by atoms with Crippen molar-refractivity contribution in [3.63, 3.8) is 0 Å². The Kier molecular flexibility index (Phi) is 4.12. The molecule has 1 rings (SSSR count). The van der Waals surface area contributed by atoms with Crippen molar-refractivity contribution in [3.05, 3.63) is 29.8 Å². The van der Waals surface area contributed by atoms with Gasteiger partial charge in [0.1, 0.15) is 5.75 Å². The fraction of sp³-hybridized carbons (Fsp3) is 0.364. The molecule has 0 saturated heterocycles. The minimum atomic E-state index is -0.353. The third kappa shape index (κ3) is 3.25. The van der Waals surface area contributed by atoms with Crippen molar-refractivity contribution in [1.29, 1.82) is 0 Å². The van der Waals surface area contributed by atoms with Crippen LogP contribution in [0.5, 0.6) is 5.75 Å². The van der Waals surface area contributed by atoms with E-state index in [4.69, 9.17) is 9.84 Å². The van der Waals surface area contributed by atoms with Gasteiger partial charge in [0, 0.05) is 6.92 Å². The van der Waals surface area contributed by atoms with Crippen LogP contribution in [0, 0.1) is 0 Å². The van der Waals surface area contributed by atoms with E-state index in [0.717, 1.165) is 11.3 Å². The molecular weight excluding hydrogens is 194 g/mol. The van der Waals surface area contributed by atoms with Crippen LogP contribution in [0.15, 0.2) is 24.3 Å². The van der Waals surface area contributed by atoms with E-state index in [1.165, 1.54) is 6.92 Å². The van der Waals surface area contributed by atoms with Gasteiger partial charge < -0.3 is 15.2 Å². The summed E-state index contributed by atoms with van der Waals surface area (Å²) in [5.41, 5.74) is 0.855. The predicted octanol–water partition coefficient (Wildman–Crippen LogP) is 0.865. The molecule has 1 aromatic carbocycles. The maximum atomic E-state index is 10.9. The quantitative estimate of drug-likeness (QED) is 0.773. The number of hydrogen-bond donors (Lipinski definition) is 2. The highest BCUT2D eigenvalue weighted by Crippen LogP contribution is 2.17. The molecule has 0 aliphatic carbocycles. The van der Waals surface area contributed by atoms with Crippen molar-refractivity contribution in [2.45, 2.75) is 13.0 Å². The van der Waals surface area contributed by atoms with Gasteiger partial charge in [-0.2, -0.15) is 0 Å². The van der Waals surface area contributed by atoms with E-state index < -0.39 is 0 Å². The number of aliphatic hydroxyl groups is 1. The van der Waals surface area contributed by atoms with Crippen molar-refractivity contribution < 1.29 is 14.6 Å². The average Bonchev–Trinajstić information content (AvgIpc) is 2.26. The molecule has 4 nitrogen and oxygen atoms in total. The Balaban J connectivity index is 2.78. The number of hydrogen-bond acceptors (Lipinski definition) is 3. The fourth-order valence-corrected chi connectivity index (χ4v) is 1.32. The van der Waals surface area contributed by atoms with E-state index in [0.29, 0.717) is 0 Å². The van der Waals surface area contributed by atoms with Crippen molar-refractivity contribution in [1.82, 2.24) is 5.32 Å². The summed E-state index contributed by atoms with van der Waals surface area (Å²) in [7, 11) is 1.59. The molecule has 0 heterocycles. The minimum absolute atomic E-state index is 0.119. The molecule has 0 aliphatic heterocycles. The number of amides is 1. The monoisotopic (exact) mass is 209 g/mol. The van der Waals surface area contributed by atoms with Gasteiger partial charge in [0.15, 0.2) is 0 Å².